The molecule has 0 N–H and O–H groups in total. The van der Waals surface area contributed by atoms with Gasteiger partial charge in [-0.15, -0.1) is 0 Å². The van der Waals surface area contributed by atoms with Crippen LogP contribution in [0.3, 0.4) is 0 Å². The molecule has 14 heavy (non-hydrogen) atoms. The summed E-state index contributed by atoms with van der Waals surface area (Å²) in [7, 11) is -3.23. The first-order valence-corrected chi connectivity index (χ1v) is 5.86. The molecule has 1 rings (SSSR count). The van der Waals surface area contributed by atoms with Gasteiger partial charge in [0.2, 0.25) is 0 Å². The second-order valence-electron chi connectivity index (χ2n) is 2.71. The van der Waals surface area contributed by atoms with Gasteiger partial charge in [-0.05, 0) is 6.92 Å². The standard InChI is InChI=1S/C8H13O5P/c1-3-11-8(9)6-7(2)14(10)12-4-5-13-14/h2-6H2,1H3. The maximum Gasteiger partial charge on any atom is 0.357 e. The van der Waals surface area contributed by atoms with Gasteiger partial charge in [0.1, 0.15) is 0 Å². The van der Waals surface area contributed by atoms with Crippen LogP contribution in [-0.2, 0) is 23.1 Å². The third kappa shape index (κ3) is 2.67. The molecule has 80 valence electrons. The third-order valence-corrected chi connectivity index (χ3v) is 3.62. The predicted molar refractivity (Wildman–Crippen MR) is 49.9 cm³/mol. The fourth-order valence-corrected chi connectivity index (χ4v) is 2.40. The van der Waals surface area contributed by atoms with Crippen LogP contribution in [0, 0.1) is 0 Å². The van der Waals surface area contributed by atoms with Gasteiger partial charge in [0, 0.05) is 5.31 Å². The molecule has 0 saturated carbocycles. The van der Waals surface area contributed by atoms with Crippen molar-refractivity contribution in [3.05, 3.63) is 11.9 Å². The number of rotatable bonds is 4. The Kier molecular flexibility index (Phi) is 3.86. The minimum atomic E-state index is -3.23. The molecule has 5 nitrogen and oxygen atoms in total. The highest BCUT2D eigenvalue weighted by Gasteiger charge is 2.34. The van der Waals surface area contributed by atoms with Crippen LogP contribution >= 0.6 is 7.60 Å². The summed E-state index contributed by atoms with van der Waals surface area (Å²) in [5.74, 6) is -0.466. The Morgan fingerprint density at radius 2 is 2.07 bits per heavy atom. The van der Waals surface area contributed by atoms with Crippen LogP contribution in [0.25, 0.3) is 0 Å². The highest BCUT2D eigenvalue weighted by molar-refractivity contribution is 7.58. The molecule has 0 atom stereocenters. The van der Waals surface area contributed by atoms with E-state index in [4.69, 9.17) is 9.05 Å². The van der Waals surface area contributed by atoms with Gasteiger partial charge < -0.3 is 13.8 Å². The maximum atomic E-state index is 11.7. The van der Waals surface area contributed by atoms with Crippen molar-refractivity contribution < 1.29 is 23.1 Å². The molecule has 0 aromatic heterocycles. The zero-order chi connectivity index (χ0) is 10.6. The average molecular weight is 220 g/mol. The summed E-state index contributed by atoms with van der Waals surface area (Å²) in [5.41, 5.74) is 0. The van der Waals surface area contributed by atoms with Crippen molar-refractivity contribution in [1.29, 1.82) is 0 Å². The molecule has 0 aromatic rings. The van der Waals surface area contributed by atoms with Gasteiger partial charge >= 0.3 is 13.6 Å². The third-order valence-electron chi connectivity index (χ3n) is 1.65. The minimum absolute atomic E-state index is 0.120. The van der Waals surface area contributed by atoms with E-state index in [-0.39, 0.29) is 31.6 Å². The second kappa shape index (κ2) is 4.73. The SMILES string of the molecule is C=C(CC(=O)OCC)P1(=O)OCCO1. The lowest BCUT2D eigenvalue weighted by molar-refractivity contribution is -0.142. The van der Waals surface area contributed by atoms with Crippen LogP contribution in [0.5, 0.6) is 0 Å². The van der Waals surface area contributed by atoms with E-state index < -0.39 is 13.6 Å². The Balaban J connectivity index is 2.49. The molecule has 1 fully saturated rings. The van der Waals surface area contributed by atoms with Gasteiger partial charge in [-0.1, -0.05) is 6.58 Å². The van der Waals surface area contributed by atoms with E-state index in [9.17, 15) is 9.36 Å². The van der Waals surface area contributed by atoms with Crippen LogP contribution < -0.4 is 0 Å². The molecule has 0 aromatic carbocycles. The van der Waals surface area contributed by atoms with Crippen molar-refractivity contribution in [3.63, 3.8) is 0 Å². The first kappa shape index (κ1) is 11.4. The van der Waals surface area contributed by atoms with E-state index >= 15 is 0 Å². The summed E-state index contributed by atoms with van der Waals surface area (Å²) < 4.78 is 26.2. The molecule has 0 spiro atoms. The minimum Gasteiger partial charge on any atom is -0.466 e. The first-order valence-electron chi connectivity index (χ1n) is 4.31. The zero-order valence-electron chi connectivity index (χ0n) is 8.02. The van der Waals surface area contributed by atoms with E-state index in [1.54, 1.807) is 6.92 Å². The largest absolute Gasteiger partial charge is 0.466 e. The number of carbonyl (C=O) groups excluding carboxylic acids is 1. The Morgan fingerprint density at radius 1 is 1.50 bits per heavy atom. The van der Waals surface area contributed by atoms with E-state index in [1.165, 1.54) is 0 Å². The summed E-state index contributed by atoms with van der Waals surface area (Å²) in [4.78, 5) is 11.0. The number of hydrogen-bond donors (Lipinski definition) is 0. The van der Waals surface area contributed by atoms with E-state index in [0.29, 0.717) is 0 Å². The lowest BCUT2D eigenvalue weighted by atomic mass is 10.4. The quantitative estimate of drug-likeness (QED) is 0.533. The highest BCUT2D eigenvalue weighted by atomic mass is 31.2. The average Bonchev–Trinajstić information content (AvgIpc) is 2.54. The topological polar surface area (TPSA) is 61.8 Å². The van der Waals surface area contributed by atoms with E-state index in [1.807, 2.05) is 0 Å². The monoisotopic (exact) mass is 220 g/mol. The van der Waals surface area contributed by atoms with E-state index in [0.717, 1.165) is 0 Å². The summed E-state index contributed by atoms with van der Waals surface area (Å²) in [6.45, 7) is 6.06. The van der Waals surface area contributed by atoms with Gasteiger partial charge in [0.25, 0.3) is 0 Å². The predicted octanol–water partition coefficient (Wildman–Crippen LogP) is 1.69. The molecular formula is C8H13O5P. The van der Waals surface area contributed by atoms with Crippen molar-refractivity contribution in [2.45, 2.75) is 13.3 Å². The number of ether oxygens (including phenoxy) is 1. The van der Waals surface area contributed by atoms with Crippen molar-refractivity contribution in [2.24, 2.45) is 0 Å². The van der Waals surface area contributed by atoms with Gasteiger partial charge in [0.05, 0.1) is 26.2 Å². The van der Waals surface area contributed by atoms with Crippen LogP contribution in [0.15, 0.2) is 11.9 Å². The smallest absolute Gasteiger partial charge is 0.357 e. The molecule has 1 saturated heterocycles. The van der Waals surface area contributed by atoms with Crippen molar-refractivity contribution in [3.8, 4) is 0 Å². The number of esters is 1. The summed E-state index contributed by atoms with van der Waals surface area (Å²) >= 11 is 0. The number of carbonyl (C=O) groups is 1. The summed E-state index contributed by atoms with van der Waals surface area (Å²) in [6, 6.07) is 0. The fourth-order valence-electron chi connectivity index (χ4n) is 1.01. The van der Waals surface area contributed by atoms with Crippen molar-refractivity contribution in [2.75, 3.05) is 19.8 Å². The Hall–Kier alpha value is -0.640. The summed E-state index contributed by atoms with van der Waals surface area (Å²) in [6.07, 6.45) is -0.120. The molecular weight excluding hydrogens is 207 g/mol. The molecule has 1 heterocycles. The van der Waals surface area contributed by atoms with Gasteiger partial charge in [-0.2, -0.15) is 0 Å². The molecule has 6 heteroatoms. The van der Waals surface area contributed by atoms with Gasteiger partial charge in [0.15, 0.2) is 0 Å². The Bertz CT molecular complexity index is 275. The molecule has 0 aliphatic carbocycles. The fraction of sp³-hybridized carbons (Fsp3) is 0.625. The Labute approximate surface area is 82.6 Å². The molecule has 0 amide bonds. The lowest BCUT2D eigenvalue weighted by Crippen LogP contribution is -2.05. The molecule has 0 unspecified atom stereocenters. The van der Waals surface area contributed by atoms with Crippen molar-refractivity contribution in [1.82, 2.24) is 0 Å². The van der Waals surface area contributed by atoms with E-state index in [2.05, 4.69) is 11.3 Å². The lowest BCUT2D eigenvalue weighted by Gasteiger charge is -2.11. The van der Waals surface area contributed by atoms with Crippen LogP contribution in [0.2, 0.25) is 0 Å². The van der Waals surface area contributed by atoms with Crippen LogP contribution in [0.1, 0.15) is 13.3 Å². The zero-order valence-corrected chi connectivity index (χ0v) is 8.92. The summed E-state index contributed by atoms with van der Waals surface area (Å²) in [5, 5.41) is 0.161. The maximum absolute atomic E-state index is 11.7. The normalized spacial score (nSPS) is 19.2. The first-order chi connectivity index (χ1) is 6.58. The van der Waals surface area contributed by atoms with Crippen molar-refractivity contribution >= 4 is 13.6 Å². The van der Waals surface area contributed by atoms with Crippen LogP contribution in [-0.4, -0.2) is 25.8 Å². The van der Waals surface area contributed by atoms with Gasteiger partial charge in [-0.3, -0.25) is 9.36 Å². The number of hydrogen-bond acceptors (Lipinski definition) is 5. The van der Waals surface area contributed by atoms with Crippen LogP contribution in [0.4, 0.5) is 0 Å². The Morgan fingerprint density at radius 3 is 2.57 bits per heavy atom. The second-order valence-corrected chi connectivity index (χ2v) is 4.86. The molecule has 0 bridgehead atoms. The highest BCUT2D eigenvalue weighted by Crippen LogP contribution is 2.59. The molecule has 1 aliphatic rings. The molecule has 0 radical (unpaired) electrons. The van der Waals surface area contributed by atoms with Gasteiger partial charge in [-0.25, -0.2) is 0 Å². The molecule has 1 aliphatic heterocycles.